The summed E-state index contributed by atoms with van der Waals surface area (Å²) in [7, 11) is -3.38. The number of nitrogens with one attached hydrogen (secondary N) is 1. The van der Waals surface area contributed by atoms with E-state index in [4.69, 9.17) is 5.11 Å². The molecule has 0 radical (unpaired) electrons. The molecule has 0 saturated carbocycles. The van der Waals surface area contributed by atoms with E-state index in [-0.39, 0.29) is 23.0 Å². The van der Waals surface area contributed by atoms with Crippen LogP contribution in [0.2, 0.25) is 0 Å². The monoisotopic (exact) mass is 373 g/mol. The van der Waals surface area contributed by atoms with Crippen LogP contribution in [0.3, 0.4) is 0 Å². The van der Waals surface area contributed by atoms with Crippen molar-refractivity contribution < 1.29 is 23.1 Å². The molecule has 1 aromatic carbocycles. The van der Waals surface area contributed by atoms with Gasteiger partial charge in [0.05, 0.1) is 22.3 Å². The van der Waals surface area contributed by atoms with Gasteiger partial charge in [0.2, 0.25) is 5.91 Å². The Morgan fingerprint density at radius 1 is 1.25 bits per heavy atom. The zero-order valence-corrected chi connectivity index (χ0v) is 15.6. The molecule has 0 aromatic heterocycles. The second-order valence-electron chi connectivity index (χ2n) is 5.53. The van der Waals surface area contributed by atoms with Gasteiger partial charge in [0.15, 0.2) is 9.84 Å². The molecule has 0 spiro atoms. The molecule has 1 aromatic rings. The molecule has 134 valence electrons. The van der Waals surface area contributed by atoms with Crippen molar-refractivity contribution in [1.29, 1.82) is 0 Å². The van der Waals surface area contributed by atoms with Gasteiger partial charge >= 0.3 is 5.97 Å². The largest absolute Gasteiger partial charge is 0.481 e. The van der Waals surface area contributed by atoms with E-state index in [2.05, 4.69) is 5.32 Å². The molecular weight excluding hydrogens is 350 g/mol. The van der Waals surface area contributed by atoms with Crippen molar-refractivity contribution >= 4 is 33.5 Å². The first-order valence-corrected chi connectivity index (χ1v) is 10.2. The van der Waals surface area contributed by atoms with Crippen LogP contribution in [0.5, 0.6) is 0 Å². The molecule has 24 heavy (non-hydrogen) atoms. The summed E-state index contributed by atoms with van der Waals surface area (Å²) in [6.07, 6.45) is 0.356. The lowest BCUT2D eigenvalue weighted by molar-refractivity contribution is -0.137. The highest BCUT2D eigenvalue weighted by Crippen LogP contribution is 2.30. The average Bonchev–Trinajstić information content (AvgIpc) is 2.46. The SMILES string of the molecule is CCCS(=O)(=O)c1ccccc1SC(C)C(=O)NC(C)CC(=O)O. The summed E-state index contributed by atoms with van der Waals surface area (Å²) < 4.78 is 24.6. The van der Waals surface area contributed by atoms with E-state index in [9.17, 15) is 18.0 Å². The van der Waals surface area contributed by atoms with Crippen molar-refractivity contribution in [3.63, 3.8) is 0 Å². The number of carbonyl (C=O) groups is 2. The minimum absolute atomic E-state index is 0.0563. The summed E-state index contributed by atoms with van der Waals surface area (Å²) >= 11 is 1.15. The Bertz CT molecular complexity index is 687. The van der Waals surface area contributed by atoms with E-state index in [0.29, 0.717) is 11.3 Å². The Kier molecular flexibility index (Phi) is 7.75. The number of carboxylic acid groups (broad SMARTS) is 1. The number of amides is 1. The molecule has 0 aliphatic heterocycles. The molecule has 6 nitrogen and oxygen atoms in total. The van der Waals surface area contributed by atoms with Gasteiger partial charge in [0.1, 0.15) is 0 Å². The molecule has 1 rings (SSSR count). The number of rotatable bonds is 9. The third-order valence-electron chi connectivity index (χ3n) is 3.20. The van der Waals surface area contributed by atoms with Gasteiger partial charge in [0, 0.05) is 10.9 Å². The van der Waals surface area contributed by atoms with Gasteiger partial charge in [-0.1, -0.05) is 19.1 Å². The Morgan fingerprint density at radius 2 is 1.88 bits per heavy atom. The van der Waals surface area contributed by atoms with Crippen LogP contribution in [-0.2, 0) is 19.4 Å². The number of thioether (sulfide) groups is 1. The van der Waals surface area contributed by atoms with E-state index >= 15 is 0 Å². The summed E-state index contributed by atoms with van der Waals surface area (Å²) in [5, 5.41) is 10.8. The van der Waals surface area contributed by atoms with Crippen molar-refractivity contribution in [2.24, 2.45) is 0 Å². The summed E-state index contributed by atoms with van der Waals surface area (Å²) in [5.41, 5.74) is 0. The van der Waals surface area contributed by atoms with Crippen LogP contribution in [0, 0.1) is 0 Å². The van der Waals surface area contributed by atoms with Crippen molar-refractivity contribution in [1.82, 2.24) is 5.32 Å². The van der Waals surface area contributed by atoms with Gasteiger partial charge in [0.25, 0.3) is 0 Å². The predicted molar refractivity (Wildman–Crippen MR) is 94.0 cm³/mol. The summed E-state index contributed by atoms with van der Waals surface area (Å²) in [6, 6.07) is 6.12. The topological polar surface area (TPSA) is 101 Å². The first kappa shape index (κ1) is 20.5. The van der Waals surface area contributed by atoms with Gasteiger partial charge in [-0.3, -0.25) is 9.59 Å². The summed E-state index contributed by atoms with van der Waals surface area (Å²) in [5.74, 6) is -1.25. The maximum Gasteiger partial charge on any atom is 0.305 e. The second-order valence-corrected chi connectivity index (χ2v) is 8.99. The number of carbonyl (C=O) groups excluding carboxylic acids is 1. The smallest absolute Gasteiger partial charge is 0.305 e. The van der Waals surface area contributed by atoms with Crippen LogP contribution in [0.15, 0.2) is 34.1 Å². The molecule has 2 N–H and O–H groups in total. The second kappa shape index (κ2) is 9.08. The number of hydrogen-bond donors (Lipinski definition) is 2. The lowest BCUT2D eigenvalue weighted by Gasteiger charge is -2.17. The Labute approximate surface area is 146 Å². The highest BCUT2D eigenvalue weighted by Gasteiger charge is 2.22. The van der Waals surface area contributed by atoms with Crippen LogP contribution in [0.4, 0.5) is 0 Å². The molecule has 0 heterocycles. The van der Waals surface area contributed by atoms with E-state index in [1.165, 1.54) is 0 Å². The number of benzene rings is 1. The Balaban J connectivity index is 2.86. The molecule has 0 aliphatic rings. The van der Waals surface area contributed by atoms with Crippen molar-refractivity contribution in [2.75, 3.05) is 5.75 Å². The molecule has 0 aliphatic carbocycles. The third-order valence-corrected chi connectivity index (χ3v) is 6.48. The predicted octanol–water partition coefficient (Wildman–Crippen LogP) is 2.33. The number of hydrogen-bond acceptors (Lipinski definition) is 5. The molecular formula is C16H23NO5S2. The molecule has 2 unspecified atom stereocenters. The Morgan fingerprint density at radius 3 is 2.46 bits per heavy atom. The normalized spacial score (nSPS) is 14.0. The van der Waals surface area contributed by atoms with Crippen molar-refractivity contribution in [2.45, 2.75) is 54.7 Å². The van der Waals surface area contributed by atoms with Crippen LogP contribution in [0.25, 0.3) is 0 Å². The fourth-order valence-corrected chi connectivity index (χ4v) is 4.94. The van der Waals surface area contributed by atoms with Gasteiger partial charge in [-0.05, 0) is 32.4 Å². The summed E-state index contributed by atoms with van der Waals surface area (Å²) in [4.78, 5) is 23.6. The number of aliphatic carboxylic acids is 1. The average molecular weight is 373 g/mol. The Hall–Kier alpha value is -1.54. The van der Waals surface area contributed by atoms with Crippen LogP contribution in [0.1, 0.15) is 33.6 Å². The minimum Gasteiger partial charge on any atom is -0.481 e. The maximum atomic E-state index is 12.3. The van der Waals surface area contributed by atoms with Crippen molar-refractivity contribution in [3.8, 4) is 0 Å². The first-order chi connectivity index (χ1) is 11.2. The lowest BCUT2D eigenvalue weighted by Crippen LogP contribution is -2.38. The molecule has 2 atom stereocenters. The fourth-order valence-electron chi connectivity index (χ4n) is 2.10. The highest BCUT2D eigenvalue weighted by molar-refractivity contribution is 8.01. The standard InChI is InChI=1S/C16H23NO5S2/c1-4-9-24(21,22)14-8-6-5-7-13(14)23-12(3)16(20)17-11(2)10-15(18)19/h5-8,11-12H,4,9-10H2,1-3H3,(H,17,20)(H,18,19). The van der Waals surface area contributed by atoms with Gasteiger partial charge < -0.3 is 10.4 Å². The van der Waals surface area contributed by atoms with Crippen LogP contribution >= 0.6 is 11.8 Å². The van der Waals surface area contributed by atoms with Gasteiger partial charge in [-0.25, -0.2) is 8.42 Å². The molecule has 0 saturated heterocycles. The molecule has 0 bridgehead atoms. The van der Waals surface area contributed by atoms with E-state index in [1.54, 1.807) is 45.0 Å². The van der Waals surface area contributed by atoms with E-state index in [0.717, 1.165) is 11.8 Å². The number of sulfone groups is 1. The third kappa shape index (κ3) is 6.16. The van der Waals surface area contributed by atoms with Crippen LogP contribution in [-0.4, -0.2) is 42.4 Å². The first-order valence-electron chi connectivity index (χ1n) is 7.68. The minimum atomic E-state index is -3.38. The molecule has 1 amide bonds. The van der Waals surface area contributed by atoms with E-state index < -0.39 is 27.1 Å². The van der Waals surface area contributed by atoms with E-state index in [1.807, 2.05) is 0 Å². The van der Waals surface area contributed by atoms with Gasteiger partial charge in [-0.15, -0.1) is 11.8 Å². The maximum absolute atomic E-state index is 12.3. The fraction of sp³-hybridized carbons (Fsp3) is 0.500. The zero-order valence-electron chi connectivity index (χ0n) is 14.0. The lowest BCUT2D eigenvalue weighted by atomic mass is 10.2. The quantitative estimate of drug-likeness (QED) is 0.644. The zero-order chi connectivity index (χ0) is 18.3. The highest BCUT2D eigenvalue weighted by atomic mass is 32.2. The molecule has 0 fully saturated rings. The summed E-state index contributed by atoms with van der Waals surface area (Å²) in [6.45, 7) is 5.08. The van der Waals surface area contributed by atoms with Gasteiger partial charge in [-0.2, -0.15) is 0 Å². The van der Waals surface area contributed by atoms with Crippen molar-refractivity contribution in [3.05, 3.63) is 24.3 Å². The van der Waals surface area contributed by atoms with Crippen LogP contribution < -0.4 is 5.32 Å². The number of carboxylic acids is 1. The molecule has 8 heteroatoms.